The number of likely N-dealkylation sites (N-methyl/N-ethyl adjacent to an activating group) is 1. The van der Waals surface area contributed by atoms with Gasteiger partial charge in [0.2, 0.25) is 5.91 Å². The highest BCUT2D eigenvalue weighted by atomic mass is 35.5. The quantitative estimate of drug-likeness (QED) is 0.0141. The normalized spacial score (nSPS) is 13.9. The van der Waals surface area contributed by atoms with E-state index in [1.165, 1.54) is 16.8 Å². The van der Waals surface area contributed by atoms with Crippen molar-refractivity contribution in [2.75, 3.05) is 114 Å². The van der Waals surface area contributed by atoms with E-state index in [-0.39, 0.29) is 114 Å². The molecule has 0 saturated heterocycles. The molecule has 2 aromatic heterocycles. The largest absolute Gasteiger partial charge is 0.491 e. The third-order valence-electron chi connectivity index (χ3n) is 15.9. The summed E-state index contributed by atoms with van der Waals surface area (Å²) in [5, 5.41) is 22.2. The number of hydrogen-bond acceptors (Lipinski definition) is 18. The van der Waals surface area contributed by atoms with Crippen LogP contribution in [0.3, 0.4) is 0 Å². The number of urea groups is 1. The molecule has 0 bridgehead atoms. The van der Waals surface area contributed by atoms with Crippen molar-refractivity contribution >= 4 is 105 Å². The molecule has 4 heterocycles. The number of imide groups is 1. The third kappa shape index (κ3) is 19.0. The second kappa shape index (κ2) is 34.3. The van der Waals surface area contributed by atoms with Crippen molar-refractivity contribution in [2.24, 2.45) is 17.6 Å². The van der Waals surface area contributed by atoms with Gasteiger partial charge in [-0.25, -0.2) is 24.2 Å². The first-order valence-corrected chi connectivity index (χ1v) is 31.6. The summed E-state index contributed by atoms with van der Waals surface area (Å²) in [6.45, 7) is 5.36. The number of fused-ring (bicyclic) bond motifs is 4. The van der Waals surface area contributed by atoms with Gasteiger partial charge in [0.05, 0.1) is 50.4 Å². The molecule has 0 aliphatic carbocycles. The average Bonchev–Trinajstić information content (AvgIpc) is 1.54. The number of alkyl carbamates (subject to hydrolysis) is 1. The summed E-state index contributed by atoms with van der Waals surface area (Å²) in [4.78, 5) is 140. The van der Waals surface area contributed by atoms with E-state index >= 15 is 0 Å². The molecule has 0 saturated carbocycles. The standard InChI is InChI=1S/C67H78ClN11O17/c1-41(2)60(74-65(88)94-33-31-92-29-27-78-56(82)21-22-57(78)83)53(81)34-45(9-7-23-70-64(69)87)62(85)71-47-15-11-43(12-16-47)40-95-66(89)75(4)24-25-76(26-28-80)67(90)96-54-35-52-59(58-42(3)8-6-10-50(54)58)46(36-68)37-79(52)63(86)51-39-77-38-48(17-20-55(77)73-51)72-61(84)44-13-18-49(19-14-44)93-32-30-91-5/h6,8,10-22,35,38-39,41,45-46,60,80H,7,9,23-34,36-37,40H2,1-5H3,(H,71,85)(H,72,84)(H,74,88)(H3,69,70,87)/t45-,46-,60+/m1/s1. The van der Waals surface area contributed by atoms with E-state index in [9.17, 15) is 53.1 Å². The van der Waals surface area contributed by atoms with Gasteiger partial charge in [-0.2, -0.15) is 0 Å². The number of halogens is 1. The van der Waals surface area contributed by atoms with Gasteiger partial charge in [0.15, 0.2) is 5.78 Å². The average molecular weight is 1340 g/mol. The molecule has 0 fully saturated rings. The van der Waals surface area contributed by atoms with E-state index in [1.54, 1.807) is 115 Å². The van der Waals surface area contributed by atoms with Gasteiger partial charge in [-0.1, -0.05) is 44.2 Å². The predicted molar refractivity (Wildman–Crippen MR) is 353 cm³/mol. The molecule has 2 aliphatic heterocycles. The van der Waals surface area contributed by atoms with Gasteiger partial charge >= 0.3 is 24.3 Å². The summed E-state index contributed by atoms with van der Waals surface area (Å²) < 4.78 is 34.6. The van der Waals surface area contributed by atoms with Gasteiger partial charge in [0.1, 0.15) is 42.7 Å². The number of aromatic nitrogens is 2. The highest BCUT2D eigenvalue weighted by molar-refractivity contribution is 6.19. The summed E-state index contributed by atoms with van der Waals surface area (Å²) in [5.74, 6) is -3.40. The summed E-state index contributed by atoms with van der Waals surface area (Å²) >= 11 is 6.64. The number of hydrogen-bond donors (Lipinski definition) is 6. The van der Waals surface area contributed by atoms with Crippen molar-refractivity contribution in [1.82, 2.24) is 34.7 Å². The van der Waals surface area contributed by atoms with Gasteiger partial charge in [-0.3, -0.25) is 33.7 Å². The van der Waals surface area contributed by atoms with Crippen LogP contribution in [0.15, 0.2) is 109 Å². The van der Waals surface area contributed by atoms with Gasteiger partial charge < -0.3 is 79.6 Å². The fourth-order valence-electron chi connectivity index (χ4n) is 10.8. The summed E-state index contributed by atoms with van der Waals surface area (Å²) in [6.07, 6.45) is 3.22. The SMILES string of the molecule is COCCOc1ccc(C(=O)Nc2ccc3nc(C(=O)N4C[C@@H](CCl)c5c4cc(OC(=O)N(CCO)CCN(C)C(=O)OCc4ccc(NC(=O)[C@H](CCCNC(N)=O)CC(=O)[C@@H](NC(=O)OCCOCCN6C(=O)C=CC6=O)C(C)C)cc4)c4cccc(C)c54)cn3c2)cc1. The lowest BCUT2D eigenvalue weighted by atomic mass is 9.89. The highest BCUT2D eigenvalue weighted by Gasteiger charge is 2.37. The van der Waals surface area contributed by atoms with E-state index in [4.69, 9.17) is 45.8 Å². The molecule has 96 heavy (non-hydrogen) atoms. The smallest absolute Gasteiger partial charge is 0.415 e. The Morgan fingerprint density at radius 1 is 0.833 bits per heavy atom. The van der Waals surface area contributed by atoms with E-state index in [0.29, 0.717) is 58.2 Å². The van der Waals surface area contributed by atoms with Crippen molar-refractivity contribution < 1.29 is 81.5 Å². The zero-order valence-electron chi connectivity index (χ0n) is 53.8. The first kappa shape index (κ1) is 71.7. The molecule has 0 unspecified atom stereocenters. The Labute approximate surface area is 558 Å². The molecule has 510 valence electrons. The Morgan fingerprint density at radius 3 is 2.27 bits per heavy atom. The number of pyridine rings is 1. The maximum Gasteiger partial charge on any atom is 0.415 e. The van der Waals surface area contributed by atoms with E-state index in [0.717, 1.165) is 33.6 Å². The van der Waals surface area contributed by atoms with E-state index in [1.807, 2.05) is 19.1 Å². The Kier molecular flexibility index (Phi) is 25.6. The number of benzene rings is 4. The zero-order chi connectivity index (χ0) is 69.0. The van der Waals surface area contributed by atoms with Crippen molar-refractivity contribution in [3.05, 3.63) is 137 Å². The topological polar surface area (TPSA) is 351 Å². The summed E-state index contributed by atoms with van der Waals surface area (Å²) in [6, 6.07) is 21.8. The number of imidazole rings is 1. The van der Waals surface area contributed by atoms with Gasteiger partial charge in [-0.15, -0.1) is 11.6 Å². The number of nitrogens with one attached hydrogen (secondary N) is 4. The Morgan fingerprint density at radius 2 is 1.57 bits per heavy atom. The molecular formula is C67H78ClN11O17. The summed E-state index contributed by atoms with van der Waals surface area (Å²) in [5.41, 5.74) is 9.65. The van der Waals surface area contributed by atoms with Crippen LogP contribution in [0.25, 0.3) is 16.4 Å². The van der Waals surface area contributed by atoms with Crippen molar-refractivity contribution in [3.63, 3.8) is 0 Å². The molecule has 0 radical (unpaired) electrons. The second-order valence-corrected chi connectivity index (χ2v) is 23.3. The number of amides is 10. The number of aliphatic hydroxyl groups is 1. The van der Waals surface area contributed by atoms with Crippen LogP contribution in [0.1, 0.15) is 76.6 Å². The molecule has 0 spiro atoms. The minimum atomic E-state index is -1.04. The monoisotopic (exact) mass is 1340 g/mol. The number of carbonyl (C=O) groups excluding carboxylic acids is 10. The minimum Gasteiger partial charge on any atom is -0.491 e. The van der Waals surface area contributed by atoms with Crippen LogP contribution in [0.4, 0.5) is 36.2 Å². The van der Waals surface area contributed by atoms with Crippen LogP contribution in [-0.2, 0) is 44.7 Å². The number of primary amides is 1. The van der Waals surface area contributed by atoms with Crippen molar-refractivity contribution in [2.45, 2.75) is 58.6 Å². The maximum absolute atomic E-state index is 14.6. The van der Waals surface area contributed by atoms with E-state index in [2.05, 4.69) is 26.3 Å². The lowest BCUT2D eigenvalue weighted by Gasteiger charge is -2.25. The molecule has 29 heteroatoms. The molecule has 2 aliphatic rings. The Bertz CT molecular complexity index is 3830. The number of nitrogens with two attached hydrogens (primary N) is 1. The van der Waals surface area contributed by atoms with Crippen LogP contribution in [0, 0.1) is 18.8 Å². The number of ketones is 1. The number of carbonyl (C=O) groups is 10. The highest BCUT2D eigenvalue weighted by Crippen LogP contribution is 2.47. The minimum absolute atomic E-state index is 0.0197. The van der Waals surface area contributed by atoms with Crippen LogP contribution in [-0.4, -0.2) is 194 Å². The summed E-state index contributed by atoms with van der Waals surface area (Å²) in [7, 11) is 3.06. The molecule has 10 amide bonds. The number of aliphatic hydroxyl groups excluding tert-OH is 1. The maximum atomic E-state index is 14.6. The van der Waals surface area contributed by atoms with Crippen LogP contribution >= 0.6 is 11.6 Å². The Balaban J connectivity index is 0.845. The molecule has 3 atom stereocenters. The number of anilines is 3. The van der Waals surface area contributed by atoms with Crippen LogP contribution in [0.5, 0.6) is 11.5 Å². The van der Waals surface area contributed by atoms with Gasteiger partial charge in [0.25, 0.3) is 23.6 Å². The number of rotatable bonds is 33. The van der Waals surface area contributed by atoms with Crippen LogP contribution in [0.2, 0.25) is 0 Å². The number of methoxy groups -OCH3 is 1. The van der Waals surface area contributed by atoms with E-state index < -0.39 is 78.2 Å². The molecule has 28 nitrogen and oxygen atoms in total. The fourth-order valence-corrected chi connectivity index (χ4v) is 11.1. The lowest BCUT2D eigenvalue weighted by molar-refractivity contribution is -0.137. The van der Waals surface area contributed by atoms with Crippen molar-refractivity contribution in [3.8, 4) is 11.5 Å². The first-order valence-electron chi connectivity index (χ1n) is 31.1. The zero-order valence-corrected chi connectivity index (χ0v) is 54.6. The van der Waals surface area contributed by atoms with Gasteiger partial charge in [-0.05, 0) is 96.3 Å². The number of alkyl halides is 1. The lowest BCUT2D eigenvalue weighted by Crippen LogP contribution is -2.46. The molecule has 8 rings (SSSR count). The fraction of sp³-hybridized carbons (Fsp3) is 0.388. The first-order chi connectivity index (χ1) is 46.2. The van der Waals surface area contributed by atoms with Crippen LogP contribution < -0.4 is 41.4 Å². The number of aryl methyl sites for hydroxylation is 1. The second-order valence-electron chi connectivity index (χ2n) is 23.0. The number of ether oxygens (including phenoxy) is 6. The third-order valence-corrected chi connectivity index (χ3v) is 16.2. The number of nitrogens with zero attached hydrogens (tertiary/aromatic N) is 6. The van der Waals surface area contributed by atoms with Crippen molar-refractivity contribution in [1.29, 1.82) is 0 Å². The number of Topliss-reactive ketones (excluding diaryl/α,β-unsaturated/α-hetero) is 1. The molecule has 7 N–H and O–H groups in total. The van der Waals surface area contributed by atoms with Gasteiger partial charge in [0, 0.05) is 118 Å². The molecular weight excluding hydrogens is 1270 g/mol. The Hall–Kier alpha value is -10.2. The molecule has 4 aromatic carbocycles. The predicted octanol–water partition coefficient (Wildman–Crippen LogP) is 6.77. The molecule has 6 aromatic rings.